The monoisotopic (exact) mass is 300 g/mol. The van der Waals surface area contributed by atoms with Gasteiger partial charge in [0.2, 0.25) is 0 Å². The smallest absolute Gasteiger partial charge is 0.343 e. The van der Waals surface area contributed by atoms with Gasteiger partial charge >= 0.3 is 5.69 Å². The number of H-pyrrole nitrogens is 1. The van der Waals surface area contributed by atoms with E-state index in [1.807, 2.05) is 6.92 Å². The summed E-state index contributed by atoms with van der Waals surface area (Å²) in [6.45, 7) is 7.49. The van der Waals surface area contributed by atoms with Gasteiger partial charge in [-0.2, -0.15) is 0 Å². The summed E-state index contributed by atoms with van der Waals surface area (Å²) in [7, 11) is 0. The molecule has 0 amide bonds. The third-order valence-corrected chi connectivity index (χ3v) is 4.72. The van der Waals surface area contributed by atoms with Crippen LogP contribution in [0.15, 0.2) is 9.95 Å². The normalized spacial score (nSPS) is 20.4. The molecule has 0 aromatic carbocycles. The second-order valence-corrected chi connectivity index (χ2v) is 6.04. The predicted octanol–water partition coefficient (Wildman–Crippen LogP) is 1.09. The third kappa shape index (κ3) is 3.86. The van der Waals surface area contributed by atoms with Gasteiger partial charge in [-0.25, -0.2) is 9.89 Å². The van der Waals surface area contributed by atoms with Gasteiger partial charge in [-0.1, -0.05) is 18.7 Å². The topological polar surface area (TPSA) is 71.9 Å². The van der Waals surface area contributed by atoms with Crippen molar-refractivity contribution in [1.82, 2.24) is 20.1 Å². The van der Waals surface area contributed by atoms with Crippen molar-refractivity contribution in [2.75, 3.05) is 25.5 Å². The van der Waals surface area contributed by atoms with E-state index in [1.54, 1.807) is 16.3 Å². The largest absolute Gasteiger partial charge is 0.381 e. The molecule has 114 valence electrons. The van der Waals surface area contributed by atoms with Gasteiger partial charge in [-0.15, -0.1) is 5.10 Å². The van der Waals surface area contributed by atoms with Crippen LogP contribution >= 0.6 is 11.8 Å². The van der Waals surface area contributed by atoms with Crippen molar-refractivity contribution in [1.29, 1.82) is 0 Å². The number of hydrogen-bond acceptors (Lipinski definition) is 5. The average Bonchev–Trinajstić information content (AvgIpc) is 3.09. The molecule has 0 aliphatic carbocycles. The first kappa shape index (κ1) is 15.6. The Morgan fingerprint density at radius 3 is 3.10 bits per heavy atom. The Morgan fingerprint density at radius 1 is 1.60 bits per heavy atom. The van der Waals surface area contributed by atoms with Crippen molar-refractivity contribution in [3.63, 3.8) is 0 Å². The first-order valence-electron chi connectivity index (χ1n) is 7.35. The van der Waals surface area contributed by atoms with Crippen LogP contribution < -0.4 is 11.0 Å². The van der Waals surface area contributed by atoms with Crippen LogP contribution in [0.25, 0.3) is 0 Å². The van der Waals surface area contributed by atoms with Crippen LogP contribution in [0.2, 0.25) is 0 Å². The molecule has 1 saturated heterocycles. The summed E-state index contributed by atoms with van der Waals surface area (Å²) in [5, 5.41) is 11.0. The van der Waals surface area contributed by atoms with Crippen LogP contribution in [0.3, 0.4) is 0 Å². The molecule has 2 rings (SSSR count). The molecule has 2 atom stereocenters. The number of aromatic nitrogens is 3. The van der Waals surface area contributed by atoms with Crippen molar-refractivity contribution in [2.24, 2.45) is 5.92 Å². The zero-order valence-electron chi connectivity index (χ0n) is 12.2. The lowest BCUT2D eigenvalue weighted by Crippen LogP contribution is -2.39. The van der Waals surface area contributed by atoms with Crippen molar-refractivity contribution < 1.29 is 4.74 Å². The highest BCUT2D eigenvalue weighted by Crippen LogP contribution is 2.23. The Bertz CT molecular complexity index is 453. The lowest BCUT2D eigenvalue weighted by molar-refractivity contribution is 0.179. The molecule has 20 heavy (non-hydrogen) atoms. The molecule has 0 spiro atoms. The summed E-state index contributed by atoms with van der Waals surface area (Å²) in [6, 6.07) is 0.416. The summed E-state index contributed by atoms with van der Waals surface area (Å²) in [5.41, 5.74) is -0.128. The maximum absolute atomic E-state index is 11.5. The minimum absolute atomic E-state index is 0.128. The van der Waals surface area contributed by atoms with E-state index >= 15 is 0 Å². The van der Waals surface area contributed by atoms with Crippen LogP contribution in [0.1, 0.15) is 26.7 Å². The molecule has 0 saturated carbocycles. The third-order valence-electron chi connectivity index (χ3n) is 3.62. The van der Waals surface area contributed by atoms with E-state index in [-0.39, 0.29) is 5.69 Å². The molecule has 0 radical (unpaired) electrons. The van der Waals surface area contributed by atoms with Crippen molar-refractivity contribution in [3.8, 4) is 0 Å². The first-order valence-corrected chi connectivity index (χ1v) is 8.34. The molecular formula is C13H24N4O2S. The number of ether oxygens (including phenoxy) is 1. The molecule has 2 unspecified atom stereocenters. The van der Waals surface area contributed by atoms with E-state index in [1.165, 1.54) is 0 Å². The van der Waals surface area contributed by atoms with Gasteiger partial charge in [0.15, 0.2) is 5.16 Å². The van der Waals surface area contributed by atoms with E-state index < -0.39 is 0 Å². The second kappa shape index (κ2) is 7.85. The highest BCUT2D eigenvalue weighted by atomic mass is 32.2. The van der Waals surface area contributed by atoms with Crippen molar-refractivity contribution in [3.05, 3.63) is 10.5 Å². The molecule has 1 aliphatic heterocycles. The van der Waals surface area contributed by atoms with Crippen molar-refractivity contribution in [2.45, 2.75) is 44.4 Å². The maximum atomic E-state index is 11.5. The molecule has 0 bridgehead atoms. The Kier molecular flexibility index (Phi) is 6.12. The van der Waals surface area contributed by atoms with Gasteiger partial charge in [-0.05, 0) is 26.3 Å². The van der Waals surface area contributed by atoms with Crippen LogP contribution in [-0.2, 0) is 11.3 Å². The Morgan fingerprint density at radius 2 is 2.45 bits per heavy atom. The van der Waals surface area contributed by atoms with Gasteiger partial charge in [0.25, 0.3) is 0 Å². The second-order valence-electron chi connectivity index (χ2n) is 5.05. The van der Waals surface area contributed by atoms with E-state index in [2.05, 4.69) is 22.4 Å². The summed E-state index contributed by atoms with van der Waals surface area (Å²) in [5.74, 6) is 1.48. The van der Waals surface area contributed by atoms with E-state index in [0.29, 0.717) is 18.5 Å². The molecule has 7 heteroatoms. The molecular weight excluding hydrogens is 276 g/mol. The van der Waals surface area contributed by atoms with Crippen molar-refractivity contribution >= 4 is 11.8 Å². The Hall–Kier alpha value is -0.790. The highest BCUT2D eigenvalue weighted by molar-refractivity contribution is 7.99. The fraction of sp³-hybridized carbons (Fsp3) is 0.846. The number of hydrogen-bond donors (Lipinski definition) is 2. The first-order chi connectivity index (χ1) is 9.76. The molecule has 2 N–H and O–H groups in total. The number of nitrogens with zero attached hydrogens (tertiary/aromatic N) is 2. The minimum Gasteiger partial charge on any atom is -0.381 e. The standard InChI is InChI=1S/C13H24N4O2S/c1-3-6-14-11(10-5-7-19-8-10)9-20-13-16-15-12(18)17(13)4-2/h10-11,14H,3-9H2,1-2H3,(H,15,18). The van der Waals surface area contributed by atoms with Gasteiger partial charge in [0.05, 0.1) is 6.61 Å². The summed E-state index contributed by atoms with van der Waals surface area (Å²) in [6.07, 6.45) is 2.24. The molecule has 1 fully saturated rings. The Labute approximate surface area is 123 Å². The summed E-state index contributed by atoms with van der Waals surface area (Å²) < 4.78 is 7.17. The predicted molar refractivity (Wildman–Crippen MR) is 80.3 cm³/mol. The lowest BCUT2D eigenvalue weighted by atomic mass is 10.0. The number of rotatable bonds is 8. The highest BCUT2D eigenvalue weighted by Gasteiger charge is 2.26. The van der Waals surface area contributed by atoms with E-state index in [0.717, 1.165) is 43.5 Å². The number of nitrogens with one attached hydrogen (secondary N) is 2. The van der Waals surface area contributed by atoms with Gasteiger partial charge in [-0.3, -0.25) is 4.57 Å². The van der Waals surface area contributed by atoms with Gasteiger partial charge < -0.3 is 10.1 Å². The average molecular weight is 300 g/mol. The van der Waals surface area contributed by atoms with Crippen LogP contribution in [0.5, 0.6) is 0 Å². The SMILES string of the molecule is CCCNC(CSc1n[nH]c(=O)n1CC)C1CCOC1. The quantitative estimate of drug-likeness (QED) is 0.703. The van der Waals surface area contributed by atoms with Crippen LogP contribution in [0, 0.1) is 5.92 Å². The molecule has 6 nitrogen and oxygen atoms in total. The zero-order valence-corrected chi connectivity index (χ0v) is 13.0. The molecule has 2 heterocycles. The summed E-state index contributed by atoms with van der Waals surface area (Å²) >= 11 is 1.64. The molecule has 1 aromatic heterocycles. The molecule has 1 aliphatic rings. The molecule has 1 aromatic rings. The van der Waals surface area contributed by atoms with E-state index in [9.17, 15) is 4.79 Å². The zero-order chi connectivity index (χ0) is 14.4. The fourth-order valence-electron chi connectivity index (χ4n) is 2.42. The lowest BCUT2D eigenvalue weighted by Gasteiger charge is -2.23. The van der Waals surface area contributed by atoms with Crippen LogP contribution in [0.4, 0.5) is 0 Å². The summed E-state index contributed by atoms with van der Waals surface area (Å²) in [4.78, 5) is 11.5. The Balaban J connectivity index is 1.94. The maximum Gasteiger partial charge on any atom is 0.343 e. The number of thioether (sulfide) groups is 1. The van der Waals surface area contributed by atoms with Crippen LogP contribution in [-0.4, -0.2) is 46.3 Å². The fourth-order valence-corrected chi connectivity index (χ4v) is 3.61. The van der Waals surface area contributed by atoms with Gasteiger partial charge in [0, 0.05) is 30.9 Å². The van der Waals surface area contributed by atoms with E-state index in [4.69, 9.17) is 4.74 Å². The minimum atomic E-state index is -0.128. The number of aromatic amines is 1. The van der Waals surface area contributed by atoms with Gasteiger partial charge in [0.1, 0.15) is 0 Å².